The van der Waals surface area contributed by atoms with Crippen molar-refractivity contribution < 1.29 is 28.0 Å². The van der Waals surface area contributed by atoms with Crippen LogP contribution in [0.25, 0.3) is 22.2 Å². The van der Waals surface area contributed by atoms with E-state index in [2.05, 4.69) is 15.6 Å². The number of benzene rings is 3. The van der Waals surface area contributed by atoms with Crippen LogP contribution in [0.2, 0.25) is 0 Å². The van der Waals surface area contributed by atoms with Crippen LogP contribution in [-0.2, 0) is 35.6 Å². The fourth-order valence-corrected chi connectivity index (χ4v) is 6.71. The van der Waals surface area contributed by atoms with E-state index in [1.165, 1.54) is 23.1 Å². The van der Waals surface area contributed by atoms with Gasteiger partial charge in [-0.3, -0.25) is 29.4 Å². The van der Waals surface area contributed by atoms with Gasteiger partial charge < -0.3 is 15.2 Å². The van der Waals surface area contributed by atoms with E-state index in [1.54, 1.807) is 0 Å². The lowest BCUT2D eigenvalue weighted by Crippen LogP contribution is -2.52. The zero-order valence-electron chi connectivity index (χ0n) is 23.9. The second-order valence-corrected chi connectivity index (χ2v) is 11.7. The highest BCUT2D eigenvalue weighted by atomic mass is 19.1. The van der Waals surface area contributed by atoms with Crippen molar-refractivity contribution in [3.63, 3.8) is 0 Å². The van der Waals surface area contributed by atoms with Crippen molar-refractivity contribution in [2.24, 2.45) is 0 Å². The molecule has 0 spiro atoms. The molecule has 0 aliphatic carbocycles. The van der Waals surface area contributed by atoms with Gasteiger partial charge >= 0.3 is 0 Å². The Morgan fingerprint density at radius 2 is 1.73 bits per heavy atom. The van der Waals surface area contributed by atoms with Crippen LogP contribution >= 0.6 is 0 Å². The van der Waals surface area contributed by atoms with Gasteiger partial charge in [0.15, 0.2) is 0 Å². The van der Waals surface area contributed by atoms with Gasteiger partial charge in [-0.05, 0) is 65.9 Å². The fraction of sp³-hybridized carbons (Fsp3) is 0.273. The number of piperidine rings is 1. The number of rotatable bonds is 6. The van der Waals surface area contributed by atoms with Gasteiger partial charge in [-0.15, -0.1) is 0 Å². The van der Waals surface area contributed by atoms with Crippen molar-refractivity contribution in [2.45, 2.75) is 44.9 Å². The Morgan fingerprint density at radius 1 is 0.955 bits per heavy atom. The van der Waals surface area contributed by atoms with Gasteiger partial charge in [-0.2, -0.15) is 0 Å². The van der Waals surface area contributed by atoms with Gasteiger partial charge in [0.1, 0.15) is 17.7 Å². The number of hydrogen-bond acceptors (Lipinski definition) is 5. The van der Waals surface area contributed by atoms with E-state index in [-0.39, 0.29) is 36.8 Å². The maximum atomic E-state index is 15.2. The molecule has 3 aliphatic heterocycles. The lowest BCUT2D eigenvalue weighted by molar-refractivity contribution is -0.136. The summed E-state index contributed by atoms with van der Waals surface area (Å²) < 4.78 is 29.4. The van der Waals surface area contributed by atoms with E-state index < -0.39 is 29.5 Å². The number of aromatic nitrogens is 1. The predicted octanol–water partition coefficient (Wildman–Crippen LogP) is 3.79. The number of hydrogen-bond donors (Lipinski definition) is 3. The van der Waals surface area contributed by atoms with Gasteiger partial charge in [0.2, 0.25) is 11.8 Å². The molecule has 4 amide bonds. The second-order valence-electron chi connectivity index (χ2n) is 11.7. The van der Waals surface area contributed by atoms with Crippen LogP contribution in [0.15, 0.2) is 48.5 Å². The molecule has 1 aromatic heterocycles. The largest absolute Gasteiger partial charge is 0.354 e. The van der Waals surface area contributed by atoms with E-state index in [4.69, 9.17) is 0 Å². The van der Waals surface area contributed by atoms with Gasteiger partial charge in [-0.1, -0.05) is 30.3 Å². The summed E-state index contributed by atoms with van der Waals surface area (Å²) in [6, 6.07) is 13.1. The molecule has 7 rings (SSSR count). The summed E-state index contributed by atoms with van der Waals surface area (Å²) in [5.41, 5.74) is 5.95. The number of nitrogens with one attached hydrogen (secondary N) is 3. The van der Waals surface area contributed by atoms with Crippen molar-refractivity contribution in [1.82, 2.24) is 25.4 Å². The summed E-state index contributed by atoms with van der Waals surface area (Å²) in [6.45, 7) is 1.59. The van der Waals surface area contributed by atoms with E-state index >= 15 is 4.39 Å². The molecule has 0 saturated carbocycles. The molecule has 1 fully saturated rings. The lowest BCUT2D eigenvalue weighted by Gasteiger charge is -2.29. The minimum atomic E-state index is -0.795. The van der Waals surface area contributed by atoms with Crippen LogP contribution < -0.4 is 10.6 Å². The first-order valence-corrected chi connectivity index (χ1v) is 14.5. The molecule has 0 bridgehead atoms. The minimum Gasteiger partial charge on any atom is -0.354 e. The van der Waals surface area contributed by atoms with Gasteiger partial charge in [-0.25, -0.2) is 8.78 Å². The van der Waals surface area contributed by atoms with E-state index in [1.807, 2.05) is 42.3 Å². The molecule has 1 atom stereocenters. The third-order valence-corrected chi connectivity index (χ3v) is 8.65. The summed E-state index contributed by atoms with van der Waals surface area (Å²) in [6.07, 6.45) is 0.981. The Morgan fingerprint density at radius 3 is 2.50 bits per heavy atom. The summed E-state index contributed by atoms with van der Waals surface area (Å²) in [4.78, 5) is 56.0. The average molecular weight is 598 g/mol. The monoisotopic (exact) mass is 597 g/mol. The Kier molecular flexibility index (Phi) is 6.77. The van der Waals surface area contributed by atoms with E-state index in [0.717, 1.165) is 27.8 Å². The number of imide groups is 1. The Balaban J connectivity index is 1.06. The van der Waals surface area contributed by atoms with Crippen LogP contribution in [0.1, 0.15) is 55.8 Å². The molecule has 4 heterocycles. The molecule has 9 nitrogen and oxygen atoms in total. The Hall–Kier alpha value is -4.90. The number of carbonyl (C=O) groups excluding carboxylic acids is 4. The highest BCUT2D eigenvalue weighted by Crippen LogP contribution is 2.35. The van der Waals surface area contributed by atoms with E-state index in [0.29, 0.717) is 48.3 Å². The molecule has 1 unspecified atom stereocenters. The Bertz CT molecular complexity index is 1880. The van der Waals surface area contributed by atoms with E-state index in [9.17, 15) is 23.6 Å². The van der Waals surface area contributed by atoms with Crippen LogP contribution in [0.5, 0.6) is 0 Å². The number of aromatic amines is 1. The van der Waals surface area contributed by atoms with Crippen LogP contribution in [-0.4, -0.2) is 58.0 Å². The van der Waals surface area contributed by atoms with Crippen molar-refractivity contribution in [3.05, 3.63) is 93.5 Å². The number of halogens is 2. The number of carbonyl (C=O) groups is 4. The highest BCUT2D eigenvalue weighted by molar-refractivity contribution is 6.10. The topological polar surface area (TPSA) is 115 Å². The normalized spacial score (nSPS) is 18.1. The standard InChI is InChI=1S/C33H29F2N5O4/c1-39(15-18-10-20-16-40(33(44)28(20)24(35)11-18)26-6-7-27(41)38-32(26)43)14-17-2-4-19(5-3-17)30-22-8-9-36-31(42)23-12-21(34)13-25(37-30)29(22)23/h2-5,10-13,26,37H,6-9,14-16H2,1H3,(H,36,42)(H,38,41,43). The molecule has 44 heavy (non-hydrogen) atoms. The molecule has 3 N–H and O–H groups in total. The third-order valence-electron chi connectivity index (χ3n) is 8.65. The maximum absolute atomic E-state index is 15.2. The SMILES string of the molecule is CN(Cc1ccc(-c2[nH]c3cc(F)cc4c3c2CCNC4=O)cc1)Cc1cc(F)c2c(c1)CN(C1CCC(=O)NC1=O)C2=O. The molecular formula is C33H29F2N5O4. The fourth-order valence-electron chi connectivity index (χ4n) is 6.71. The van der Waals surface area contributed by atoms with Gasteiger partial charge in [0.05, 0.1) is 11.1 Å². The smallest absolute Gasteiger partial charge is 0.258 e. The number of H-pyrrole nitrogens is 1. The molecule has 4 aromatic rings. The zero-order valence-corrected chi connectivity index (χ0v) is 23.9. The molecule has 0 radical (unpaired) electrons. The number of fused-ring (bicyclic) bond motifs is 1. The van der Waals surface area contributed by atoms with Crippen LogP contribution in [0.3, 0.4) is 0 Å². The van der Waals surface area contributed by atoms with Crippen molar-refractivity contribution in [1.29, 1.82) is 0 Å². The van der Waals surface area contributed by atoms with Gasteiger partial charge in [0, 0.05) is 49.2 Å². The molecule has 11 heteroatoms. The molecule has 224 valence electrons. The van der Waals surface area contributed by atoms with Gasteiger partial charge in [0.25, 0.3) is 11.8 Å². The quantitative estimate of drug-likeness (QED) is 0.293. The summed E-state index contributed by atoms with van der Waals surface area (Å²) in [5, 5.41) is 5.85. The molecule has 1 saturated heterocycles. The number of amides is 4. The molecule has 3 aromatic carbocycles. The summed E-state index contributed by atoms with van der Waals surface area (Å²) >= 11 is 0. The summed E-state index contributed by atoms with van der Waals surface area (Å²) in [5.74, 6) is -2.80. The van der Waals surface area contributed by atoms with Crippen LogP contribution in [0.4, 0.5) is 8.78 Å². The van der Waals surface area contributed by atoms with Crippen LogP contribution in [0, 0.1) is 11.6 Å². The predicted molar refractivity (Wildman–Crippen MR) is 157 cm³/mol. The third kappa shape index (κ3) is 4.83. The highest BCUT2D eigenvalue weighted by Gasteiger charge is 2.40. The second kappa shape index (κ2) is 10.7. The average Bonchev–Trinajstić information content (AvgIpc) is 3.44. The first-order chi connectivity index (χ1) is 21.2. The molecule has 3 aliphatic rings. The maximum Gasteiger partial charge on any atom is 0.258 e. The van der Waals surface area contributed by atoms with Crippen molar-refractivity contribution >= 4 is 34.5 Å². The van der Waals surface area contributed by atoms with Crippen molar-refractivity contribution in [3.8, 4) is 11.3 Å². The minimum absolute atomic E-state index is 0.0154. The summed E-state index contributed by atoms with van der Waals surface area (Å²) in [7, 11) is 1.92. The lowest BCUT2D eigenvalue weighted by atomic mass is 9.99. The first-order valence-electron chi connectivity index (χ1n) is 14.5. The Labute approximate surface area is 251 Å². The zero-order chi connectivity index (χ0) is 30.7. The number of nitrogens with zero attached hydrogens (tertiary/aromatic N) is 2. The first kappa shape index (κ1) is 27.9. The molecular weight excluding hydrogens is 568 g/mol. The van der Waals surface area contributed by atoms with Crippen molar-refractivity contribution in [2.75, 3.05) is 13.6 Å².